The van der Waals surface area contributed by atoms with Gasteiger partial charge in [-0.2, -0.15) is 0 Å². The minimum absolute atomic E-state index is 0.0102. The number of benzene rings is 2. The summed E-state index contributed by atoms with van der Waals surface area (Å²) in [6.45, 7) is 0. The Kier molecular flexibility index (Phi) is 4.25. The second kappa shape index (κ2) is 7.02. The van der Waals surface area contributed by atoms with E-state index in [0.29, 0.717) is 23.6 Å². The van der Waals surface area contributed by atoms with Crippen LogP contribution < -0.4 is 5.56 Å². The molecule has 0 radical (unpaired) electrons. The van der Waals surface area contributed by atoms with Crippen LogP contribution in [0.5, 0.6) is 0 Å². The maximum absolute atomic E-state index is 13.1. The van der Waals surface area contributed by atoms with Gasteiger partial charge in [-0.05, 0) is 61.8 Å². The summed E-state index contributed by atoms with van der Waals surface area (Å²) in [6, 6.07) is 17.6. The molecule has 31 heavy (non-hydrogen) atoms. The molecule has 2 aliphatic heterocycles. The Morgan fingerprint density at radius 2 is 1.48 bits per heavy atom. The molecule has 1 aromatic heterocycles. The molecule has 2 unspecified atom stereocenters. The fraction of sp³-hybridized carbons (Fsp3) is 0.400. The lowest BCUT2D eigenvalue weighted by Gasteiger charge is -2.43. The summed E-state index contributed by atoms with van der Waals surface area (Å²) in [7, 11) is 0. The molecule has 0 spiro atoms. The van der Waals surface area contributed by atoms with Crippen molar-refractivity contribution in [1.82, 2.24) is 14.5 Å². The predicted octanol–water partition coefficient (Wildman–Crippen LogP) is 3.43. The molecule has 3 aromatic rings. The molecule has 2 aromatic carbocycles. The van der Waals surface area contributed by atoms with Crippen molar-refractivity contribution >= 4 is 17.0 Å². The van der Waals surface area contributed by atoms with Gasteiger partial charge in [0.05, 0.1) is 11.0 Å². The lowest BCUT2D eigenvalue weighted by molar-refractivity contribution is 0.0647. The maximum atomic E-state index is 13.1. The molecule has 0 amide bonds. The molecule has 2 saturated heterocycles. The zero-order chi connectivity index (χ0) is 21.1. The zero-order valence-corrected chi connectivity index (χ0v) is 17.3. The molecule has 1 N–H and O–H groups in total. The molecule has 6 heteroatoms. The van der Waals surface area contributed by atoms with E-state index in [4.69, 9.17) is 0 Å². The molecule has 158 valence electrons. The molecule has 3 heterocycles. The number of carboxylic acid groups (broad SMARTS) is 1. The van der Waals surface area contributed by atoms with Gasteiger partial charge in [0.25, 0.3) is 5.56 Å². The van der Waals surface area contributed by atoms with Crippen LogP contribution in [0.15, 0.2) is 53.3 Å². The second-order valence-corrected chi connectivity index (χ2v) is 9.22. The van der Waals surface area contributed by atoms with Gasteiger partial charge in [-0.1, -0.05) is 36.4 Å². The first-order valence-corrected chi connectivity index (χ1v) is 11.2. The van der Waals surface area contributed by atoms with E-state index in [1.165, 1.54) is 11.1 Å². The lowest BCUT2D eigenvalue weighted by atomic mass is 9.94. The number of para-hydroxylation sites is 2. The predicted molar refractivity (Wildman–Crippen MR) is 118 cm³/mol. The van der Waals surface area contributed by atoms with Gasteiger partial charge < -0.3 is 9.67 Å². The average molecular weight is 415 g/mol. The van der Waals surface area contributed by atoms with Gasteiger partial charge in [0, 0.05) is 24.2 Å². The Bertz CT molecular complexity index is 1210. The Labute approximate surface area is 180 Å². The van der Waals surface area contributed by atoms with Crippen molar-refractivity contribution in [3.63, 3.8) is 0 Å². The van der Waals surface area contributed by atoms with Gasteiger partial charge in [0.1, 0.15) is 0 Å². The molecule has 2 fully saturated rings. The van der Waals surface area contributed by atoms with Crippen molar-refractivity contribution in [1.29, 1.82) is 0 Å². The number of aromatic carboxylic acids is 1. The highest BCUT2D eigenvalue weighted by Crippen LogP contribution is 2.44. The van der Waals surface area contributed by atoms with Crippen molar-refractivity contribution in [3.8, 4) is 0 Å². The average Bonchev–Trinajstić information content (AvgIpc) is 3.30. The van der Waals surface area contributed by atoms with E-state index in [1.54, 1.807) is 10.6 Å². The molecule has 6 rings (SSSR count). The zero-order valence-electron chi connectivity index (χ0n) is 17.3. The molecule has 2 bridgehead atoms. The topological polar surface area (TPSA) is 75.4 Å². The van der Waals surface area contributed by atoms with Crippen LogP contribution in [0, 0.1) is 0 Å². The van der Waals surface area contributed by atoms with Crippen LogP contribution in [0.4, 0.5) is 0 Å². The van der Waals surface area contributed by atoms with Crippen LogP contribution in [0.25, 0.3) is 11.0 Å². The molecule has 3 aliphatic rings. The van der Waals surface area contributed by atoms with Gasteiger partial charge in [0.2, 0.25) is 5.69 Å². The summed E-state index contributed by atoms with van der Waals surface area (Å²) >= 11 is 0. The summed E-state index contributed by atoms with van der Waals surface area (Å²) in [5.74, 6) is -1.26. The summed E-state index contributed by atoms with van der Waals surface area (Å²) in [4.78, 5) is 31.7. The van der Waals surface area contributed by atoms with Gasteiger partial charge in [-0.3, -0.25) is 9.69 Å². The van der Waals surface area contributed by atoms with E-state index < -0.39 is 11.5 Å². The van der Waals surface area contributed by atoms with Crippen molar-refractivity contribution < 1.29 is 9.90 Å². The Hall–Kier alpha value is -2.99. The van der Waals surface area contributed by atoms with E-state index in [1.807, 2.05) is 18.2 Å². The monoisotopic (exact) mass is 415 g/mol. The van der Waals surface area contributed by atoms with Crippen LogP contribution in [0.2, 0.25) is 0 Å². The van der Waals surface area contributed by atoms with Crippen molar-refractivity contribution in [2.45, 2.75) is 62.7 Å². The molecule has 6 nitrogen and oxygen atoms in total. The highest BCUT2D eigenvalue weighted by molar-refractivity contribution is 5.88. The number of hydrogen-bond acceptors (Lipinski definition) is 4. The number of rotatable bonds is 3. The highest BCUT2D eigenvalue weighted by atomic mass is 16.4. The third-order valence-electron chi connectivity index (χ3n) is 7.58. The first kappa shape index (κ1) is 18.8. The molecular weight excluding hydrogens is 390 g/mol. The first-order chi connectivity index (χ1) is 15.1. The SMILES string of the molecule is O=C(O)c1nc2ccccc2n(C2CC3CCC(C2)N3C2Cc3ccccc3C2)c1=O. The van der Waals surface area contributed by atoms with Crippen LogP contribution in [-0.2, 0) is 12.8 Å². The van der Waals surface area contributed by atoms with Gasteiger partial charge in [-0.15, -0.1) is 0 Å². The van der Waals surface area contributed by atoms with E-state index in [0.717, 1.165) is 44.0 Å². The Morgan fingerprint density at radius 1 is 0.871 bits per heavy atom. The van der Waals surface area contributed by atoms with Crippen molar-refractivity contribution in [3.05, 3.63) is 75.7 Å². The smallest absolute Gasteiger partial charge is 0.360 e. The summed E-state index contributed by atoms with van der Waals surface area (Å²) in [5, 5.41) is 9.55. The maximum Gasteiger partial charge on any atom is 0.360 e. The molecule has 0 saturated carbocycles. The standard InChI is InChI=1S/C25H25N3O3/c29-24-23(25(30)31)26-21-7-3-4-8-22(21)28(24)20-13-17-9-10-18(14-20)27(17)19-11-15-5-1-2-6-16(15)12-19/h1-8,17-20H,9-14H2,(H,30,31). The quantitative estimate of drug-likeness (QED) is 0.709. The summed E-state index contributed by atoms with van der Waals surface area (Å²) in [6.07, 6.45) is 6.28. The number of carboxylic acids is 1. The van der Waals surface area contributed by atoms with Crippen LogP contribution in [0.1, 0.15) is 53.3 Å². The number of piperidine rings is 1. The second-order valence-electron chi connectivity index (χ2n) is 9.22. The summed E-state index contributed by atoms with van der Waals surface area (Å²) < 4.78 is 1.73. The minimum Gasteiger partial charge on any atom is -0.476 e. The van der Waals surface area contributed by atoms with Crippen LogP contribution in [0.3, 0.4) is 0 Å². The number of aromatic nitrogens is 2. The number of carbonyl (C=O) groups is 1. The molecule has 1 aliphatic carbocycles. The van der Waals surface area contributed by atoms with E-state index in [9.17, 15) is 14.7 Å². The Morgan fingerprint density at radius 3 is 2.13 bits per heavy atom. The number of nitrogens with zero attached hydrogens (tertiary/aromatic N) is 3. The minimum atomic E-state index is -1.26. The van der Waals surface area contributed by atoms with Crippen molar-refractivity contribution in [2.75, 3.05) is 0 Å². The van der Waals surface area contributed by atoms with Gasteiger partial charge >= 0.3 is 5.97 Å². The third-order valence-corrected chi connectivity index (χ3v) is 7.58. The van der Waals surface area contributed by atoms with E-state index >= 15 is 0 Å². The third kappa shape index (κ3) is 2.92. The van der Waals surface area contributed by atoms with E-state index in [2.05, 4.69) is 34.1 Å². The first-order valence-electron chi connectivity index (χ1n) is 11.2. The van der Waals surface area contributed by atoms with Crippen molar-refractivity contribution in [2.24, 2.45) is 0 Å². The summed E-state index contributed by atoms with van der Waals surface area (Å²) in [5.41, 5.74) is 3.40. The normalized spacial score (nSPS) is 25.7. The van der Waals surface area contributed by atoms with Crippen LogP contribution >= 0.6 is 0 Å². The fourth-order valence-corrected chi connectivity index (χ4v) is 6.39. The molecule has 2 atom stereocenters. The van der Waals surface area contributed by atoms with Gasteiger partial charge in [0.15, 0.2) is 0 Å². The van der Waals surface area contributed by atoms with E-state index in [-0.39, 0.29) is 11.7 Å². The molecular formula is C25H25N3O3. The number of hydrogen-bond donors (Lipinski definition) is 1. The fourth-order valence-electron chi connectivity index (χ4n) is 6.39. The van der Waals surface area contributed by atoms with Crippen LogP contribution in [-0.4, -0.2) is 43.7 Å². The number of fused-ring (bicyclic) bond motifs is 4. The highest BCUT2D eigenvalue weighted by Gasteiger charge is 2.46. The lowest BCUT2D eigenvalue weighted by Crippen LogP contribution is -2.50. The largest absolute Gasteiger partial charge is 0.476 e. The van der Waals surface area contributed by atoms with Gasteiger partial charge in [-0.25, -0.2) is 9.78 Å². The Balaban J connectivity index is 1.35.